The Labute approximate surface area is 156 Å². The van der Waals surface area contributed by atoms with Crippen molar-refractivity contribution >= 4 is 45.8 Å². The first kappa shape index (κ1) is 17.8. The zero-order valence-electron chi connectivity index (χ0n) is 14.1. The Balaban J connectivity index is 2.04. The fraction of sp³-hybridized carbons (Fsp3) is 0.263. The Kier molecular flexibility index (Phi) is 5.30. The summed E-state index contributed by atoms with van der Waals surface area (Å²) in [5.41, 5.74) is 2.66. The normalized spacial score (nSPS) is 11.0. The number of pyridine rings is 1. The Morgan fingerprint density at radius 1 is 1.28 bits per heavy atom. The molecule has 4 nitrogen and oxygen atoms in total. The number of rotatable bonds is 5. The number of aryl methyl sites for hydroxylation is 2. The van der Waals surface area contributed by atoms with Crippen LogP contribution in [0.3, 0.4) is 0 Å². The van der Waals surface area contributed by atoms with Crippen molar-refractivity contribution in [1.82, 2.24) is 9.55 Å². The van der Waals surface area contributed by atoms with E-state index in [1.807, 2.05) is 31.2 Å². The van der Waals surface area contributed by atoms with Gasteiger partial charge in [0.15, 0.2) is 5.82 Å². The van der Waals surface area contributed by atoms with E-state index in [0.717, 1.165) is 35.9 Å². The second-order valence-electron chi connectivity index (χ2n) is 5.93. The van der Waals surface area contributed by atoms with Crippen LogP contribution < -0.4 is 5.32 Å². The third-order valence-electron chi connectivity index (χ3n) is 4.21. The van der Waals surface area contributed by atoms with Crippen LogP contribution in [0.25, 0.3) is 10.9 Å². The van der Waals surface area contributed by atoms with Gasteiger partial charge in [-0.2, -0.15) is 0 Å². The van der Waals surface area contributed by atoms with E-state index < -0.39 is 0 Å². The van der Waals surface area contributed by atoms with E-state index in [2.05, 4.69) is 21.8 Å². The Morgan fingerprint density at radius 2 is 2.04 bits per heavy atom. The lowest BCUT2D eigenvalue weighted by molar-refractivity contribution is 0.101. The van der Waals surface area contributed by atoms with E-state index in [9.17, 15) is 4.79 Å². The second kappa shape index (κ2) is 7.46. The Hall–Kier alpha value is -2.04. The second-order valence-corrected chi connectivity index (χ2v) is 6.78. The van der Waals surface area contributed by atoms with Crippen LogP contribution in [-0.4, -0.2) is 15.5 Å². The molecular weight excluding hydrogens is 357 g/mol. The summed E-state index contributed by atoms with van der Waals surface area (Å²) in [4.78, 5) is 17.1. The van der Waals surface area contributed by atoms with Gasteiger partial charge >= 0.3 is 0 Å². The first-order valence-electron chi connectivity index (χ1n) is 8.23. The minimum absolute atomic E-state index is 0.221. The molecule has 3 rings (SSSR count). The van der Waals surface area contributed by atoms with E-state index in [1.54, 1.807) is 6.07 Å². The molecule has 0 bridgehead atoms. The van der Waals surface area contributed by atoms with E-state index >= 15 is 0 Å². The number of nitrogens with zero attached hydrogens (tertiary/aromatic N) is 2. The van der Waals surface area contributed by atoms with Crippen molar-refractivity contribution in [2.24, 2.45) is 0 Å². The number of hydrogen-bond donors (Lipinski definition) is 1. The van der Waals surface area contributed by atoms with Gasteiger partial charge in [-0.25, -0.2) is 4.98 Å². The average Bonchev–Trinajstić information content (AvgIpc) is 2.88. The molecule has 0 aliphatic rings. The maximum atomic E-state index is 13.0. The number of fused-ring (bicyclic) bond motifs is 1. The molecule has 1 amide bonds. The zero-order valence-corrected chi connectivity index (χ0v) is 15.7. The number of benzene rings is 1. The number of unbranched alkanes of at least 4 members (excludes halogenated alkanes) is 1. The molecule has 130 valence electrons. The van der Waals surface area contributed by atoms with Gasteiger partial charge in [0.25, 0.3) is 5.91 Å². The number of halogens is 2. The average molecular weight is 376 g/mol. The summed E-state index contributed by atoms with van der Waals surface area (Å²) in [5, 5.41) is 4.63. The van der Waals surface area contributed by atoms with Gasteiger partial charge in [0.2, 0.25) is 0 Å². The lowest BCUT2D eigenvalue weighted by atomic mass is 10.1. The van der Waals surface area contributed by atoms with Crippen LogP contribution in [0.15, 0.2) is 36.5 Å². The molecule has 0 saturated heterocycles. The monoisotopic (exact) mass is 375 g/mol. The van der Waals surface area contributed by atoms with Crippen LogP contribution in [0.4, 0.5) is 5.82 Å². The maximum absolute atomic E-state index is 13.0. The quantitative estimate of drug-likeness (QED) is 0.621. The SMILES string of the molecule is CCCCn1c(C(=O)Nc2ncc(Cl)cc2Cl)c(C)c2ccccc21. The number of para-hydroxylation sites is 1. The molecule has 0 unspecified atom stereocenters. The van der Waals surface area contributed by atoms with Crippen molar-refractivity contribution in [2.75, 3.05) is 5.32 Å². The van der Waals surface area contributed by atoms with Crippen LogP contribution >= 0.6 is 23.2 Å². The van der Waals surface area contributed by atoms with Crippen molar-refractivity contribution < 1.29 is 4.79 Å². The first-order chi connectivity index (χ1) is 12.0. The Morgan fingerprint density at radius 3 is 2.76 bits per heavy atom. The zero-order chi connectivity index (χ0) is 18.0. The third-order valence-corrected chi connectivity index (χ3v) is 4.71. The van der Waals surface area contributed by atoms with E-state index in [1.165, 1.54) is 6.20 Å². The first-order valence-corrected chi connectivity index (χ1v) is 8.98. The van der Waals surface area contributed by atoms with Crippen LogP contribution in [0, 0.1) is 6.92 Å². The summed E-state index contributed by atoms with van der Waals surface area (Å²) >= 11 is 12.0. The van der Waals surface area contributed by atoms with Crippen LogP contribution in [0.5, 0.6) is 0 Å². The smallest absolute Gasteiger partial charge is 0.273 e. The minimum atomic E-state index is -0.221. The standard InChI is InChI=1S/C19H19Cl2N3O/c1-3-4-9-24-16-8-6-5-7-14(16)12(2)17(24)19(25)23-18-15(21)10-13(20)11-22-18/h5-8,10-11H,3-4,9H2,1-2H3,(H,22,23,25). The minimum Gasteiger partial charge on any atom is -0.336 e. The highest BCUT2D eigenvalue weighted by Crippen LogP contribution is 2.28. The highest BCUT2D eigenvalue weighted by atomic mass is 35.5. The highest BCUT2D eigenvalue weighted by molar-refractivity contribution is 6.36. The highest BCUT2D eigenvalue weighted by Gasteiger charge is 2.21. The summed E-state index contributed by atoms with van der Waals surface area (Å²) in [6, 6.07) is 9.62. The molecule has 0 aliphatic carbocycles. The fourth-order valence-electron chi connectivity index (χ4n) is 2.99. The van der Waals surface area contributed by atoms with Gasteiger partial charge in [-0.15, -0.1) is 0 Å². The number of aromatic nitrogens is 2. The molecule has 0 spiro atoms. The molecule has 0 aliphatic heterocycles. The summed E-state index contributed by atoms with van der Waals surface area (Å²) in [7, 11) is 0. The van der Waals surface area contributed by atoms with Gasteiger partial charge in [0.05, 0.1) is 10.0 Å². The fourth-order valence-corrected chi connectivity index (χ4v) is 3.42. The molecule has 0 saturated carbocycles. The van der Waals surface area contributed by atoms with Gasteiger partial charge in [-0.3, -0.25) is 4.79 Å². The van der Waals surface area contributed by atoms with Crippen molar-refractivity contribution in [1.29, 1.82) is 0 Å². The maximum Gasteiger partial charge on any atom is 0.273 e. The molecule has 0 radical (unpaired) electrons. The van der Waals surface area contributed by atoms with Crippen LogP contribution in [0.1, 0.15) is 35.8 Å². The Bertz CT molecular complexity index is 934. The lowest BCUT2D eigenvalue weighted by Gasteiger charge is -2.12. The van der Waals surface area contributed by atoms with Crippen molar-refractivity contribution in [2.45, 2.75) is 33.2 Å². The molecule has 2 heterocycles. The summed E-state index contributed by atoms with van der Waals surface area (Å²) in [5.74, 6) is 0.0873. The molecule has 2 aromatic heterocycles. The molecule has 6 heteroatoms. The number of amides is 1. The number of anilines is 1. The summed E-state index contributed by atoms with van der Waals surface area (Å²) in [6.07, 6.45) is 3.51. The van der Waals surface area contributed by atoms with Crippen molar-refractivity contribution in [3.63, 3.8) is 0 Å². The van der Waals surface area contributed by atoms with Gasteiger partial charge in [0, 0.05) is 23.6 Å². The van der Waals surface area contributed by atoms with Gasteiger partial charge < -0.3 is 9.88 Å². The van der Waals surface area contributed by atoms with Gasteiger partial charge in [-0.1, -0.05) is 54.7 Å². The van der Waals surface area contributed by atoms with Crippen molar-refractivity contribution in [3.05, 3.63) is 57.8 Å². The van der Waals surface area contributed by atoms with Gasteiger partial charge in [0.1, 0.15) is 5.69 Å². The molecule has 3 aromatic rings. The third kappa shape index (κ3) is 3.51. The lowest BCUT2D eigenvalue weighted by Crippen LogP contribution is -2.19. The molecule has 1 N–H and O–H groups in total. The number of hydrogen-bond acceptors (Lipinski definition) is 2. The number of nitrogens with one attached hydrogen (secondary N) is 1. The largest absolute Gasteiger partial charge is 0.336 e. The molecule has 1 aromatic carbocycles. The van der Waals surface area contributed by atoms with Crippen LogP contribution in [-0.2, 0) is 6.54 Å². The summed E-state index contributed by atoms with van der Waals surface area (Å²) in [6.45, 7) is 4.89. The molecule has 25 heavy (non-hydrogen) atoms. The van der Waals surface area contributed by atoms with E-state index in [-0.39, 0.29) is 5.91 Å². The molecule has 0 fully saturated rings. The van der Waals surface area contributed by atoms with E-state index in [0.29, 0.717) is 21.6 Å². The molecule has 0 atom stereocenters. The van der Waals surface area contributed by atoms with Crippen molar-refractivity contribution in [3.8, 4) is 0 Å². The predicted octanol–water partition coefficient (Wildman–Crippen LogP) is 5.70. The molecular formula is C19H19Cl2N3O. The number of carbonyl (C=O) groups excluding carboxylic acids is 1. The predicted molar refractivity (Wildman–Crippen MR) is 104 cm³/mol. The van der Waals surface area contributed by atoms with Gasteiger partial charge in [-0.05, 0) is 31.0 Å². The summed E-state index contributed by atoms with van der Waals surface area (Å²) < 4.78 is 2.08. The topological polar surface area (TPSA) is 46.9 Å². The number of carbonyl (C=O) groups is 1. The van der Waals surface area contributed by atoms with E-state index in [4.69, 9.17) is 23.2 Å². The van der Waals surface area contributed by atoms with Crippen LogP contribution in [0.2, 0.25) is 10.0 Å².